The molecule has 0 saturated heterocycles. The molecular formula is C12H18O3. The highest BCUT2D eigenvalue weighted by atomic mass is 16.5. The van der Waals surface area contributed by atoms with Gasteiger partial charge in [-0.1, -0.05) is 20.3 Å². The van der Waals surface area contributed by atoms with E-state index in [9.17, 15) is 4.79 Å². The summed E-state index contributed by atoms with van der Waals surface area (Å²) in [5.74, 6) is 1.27. The van der Waals surface area contributed by atoms with Gasteiger partial charge in [0.1, 0.15) is 12.4 Å². The van der Waals surface area contributed by atoms with Crippen molar-refractivity contribution < 1.29 is 13.9 Å². The highest BCUT2D eigenvalue weighted by Gasteiger charge is 2.17. The number of methoxy groups -OCH3 is 1. The Labute approximate surface area is 90.4 Å². The van der Waals surface area contributed by atoms with Gasteiger partial charge in [0.2, 0.25) is 5.78 Å². The van der Waals surface area contributed by atoms with Crippen molar-refractivity contribution in [1.29, 1.82) is 0 Å². The summed E-state index contributed by atoms with van der Waals surface area (Å²) in [5.41, 5.74) is 0. The predicted molar refractivity (Wildman–Crippen MR) is 57.8 cm³/mol. The maximum Gasteiger partial charge on any atom is 0.200 e. The van der Waals surface area contributed by atoms with Crippen molar-refractivity contribution in [2.75, 3.05) is 7.11 Å². The van der Waals surface area contributed by atoms with Crippen molar-refractivity contribution in [3.8, 4) is 0 Å². The molecule has 0 radical (unpaired) electrons. The summed E-state index contributed by atoms with van der Waals surface area (Å²) in [6.45, 7) is 4.42. The minimum Gasteiger partial charge on any atom is -0.456 e. The average Bonchev–Trinajstić information content (AvgIpc) is 2.66. The molecular weight excluding hydrogens is 192 g/mol. The maximum atomic E-state index is 11.8. The molecule has 0 aromatic carbocycles. The van der Waals surface area contributed by atoms with Crippen LogP contribution in [0.15, 0.2) is 16.5 Å². The van der Waals surface area contributed by atoms with Gasteiger partial charge in [-0.15, -0.1) is 0 Å². The number of hydrogen-bond donors (Lipinski definition) is 0. The van der Waals surface area contributed by atoms with E-state index in [-0.39, 0.29) is 11.7 Å². The molecule has 1 rings (SSSR count). The van der Waals surface area contributed by atoms with E-state index in [4.69, 9.17) is 9.15 Å². The maximum absolute atomic E-state index is 11.8. The SMILES string of the molecule is CCCC(C)C(=O)c1ccc(COC)o1. The number of furan rings is 1. The number of ether oxygens (including phenoxy) is 1. The normalized spacial score (nSPS) is 12.7. The number of hydrogen-bond acceptors (Lipinski definition) is 3. The predicted octanol–water partition coefficient (Wildman–Crippen LogP) is 3.04. The summed E-state index contributed by atoms with van der Waals surface area (Å²) >= 11 is 0. The molecule has 0 bridgehead atoms. The second-order valence-electron chi connectivity index (χ2n) is 3.75. The molecule has 1 heterocycles. The van der Waals surface area contributed by atoms with Gasteiger partial charge in [-0.25, -0.2) is 0 Å². The van der Waals surface area contributed by atoms with E-state index in [0.717, 1.165) is 12.8 Å². The van der Waals surface area contributed by atoms with E-state index < -0.39 is 0 Å². The fraction of sp³-hybridized carbons (Fsp3) is 0.583. The van der Waals surface area contributed by atoms with Gasteiger partial charge in [0.25, 0.3) is 0 Å². The smallest absolute Gasteiger partial charge is 0.200 e. The molecule has 0 N–H and O–H groups in total. The Balaban J connectivity index is 2.65. The van der Waals surface area contributed by atoms with Crippen molar-refractivity contribution in [2.45, 2.75) is 33.3 Å². The Hall–Kier alpha value is -1.09. The van der Waals surface area contributed by atoms with Gasteiger partial charge in [-0.2, -0.15) is 0 Å². The van der Waals surface area contributed by atoms with E-state index in [1.165, 1.54) is 0 Å². The van der Waals surface area contributed by atoms with Gasteiger partial charge in [0, 0.05) is 13.0 Å². The molecule has 1 atom stereocenters. The zero-order valence-electron chi connectivity index (χ0n) is 9.58. The standard InChI is InChI=1S/C12H18O3/c1-4-5-9(2)12(13)11-7-6-10(15-11)8-14-3/h6-7,9H,4-5,8H2,1-3H3. The van der Waals surface area contributed by atoms with Crippen molar-refractivity contribution in [2.24, 2.45) is 5.92 Å². The van der Waals surface area contributed by atoms with Gasteiger partial charge < -0.3 is 9.15 Å². The van der Waals surface area contributed by atoms with E-state index >= 15 is 0 Å². The lowest BCUT2D eigenvalue weighted by molar-refractivity contribution is 0.0886. The first-order valence-corrected chi connectivity index (χ1v) is 5.30. The van der Waals surface area contributed by atoms with E-state index in [1.807, 2.05) is 6.92 Å². The van der Waals surface area contributed by atoms with Crippen LogP contribution in [0.5, 0.6) is 0 Å². The summed E-state index contributed by atoms with van der Waals surface area (Å²) in [6, 6.07) is 3.51. The molecule has 1 unspecified atom stereocenters. The highest BCUT2D eigenvalue weighted by Crippen LogP contribution is 2.16. The molecule has 0 aliphatic carbocycles. The van der Waals surface area contributed by atoms with Crippen LogP contribution in [0.4, 0.5) is 0 Å². The fourth-order valence-electron chi connectivity index (χ4n) is 1.54. The molecule has 1 aromatic rings. The molecule has 0 fully saturated rings. The molecule has 0 aliphatic heterocycles. The van der Waals surface area contributed by atoms with E-state index in [2.05, 4.69) is 6.92 Å². The van der Waals surface area contributed by atoms with Gasteiger partial charge in [0.15, 0.2) is 5.76 Å². The third kappa shape index (κ3) is 3.20. The summed E-state index contributed by atoms with van der Waals surface area (Å²) in [5, 5.41) is 0. The second kappa shape index (κ2) is 5.71. The Morgan fingerprint density at radius 2 is 2.27 bits per heavy atom. The van der Waals surface area contributed by atoms with E-state index in [0.29, 0.717) is 18.1 Å². The summed E-state index contributed by atoms with van der Waals surface area (Å²) < 4.78 is 10.3. The molecule has 1 aromatic heterocycles. The van der Waals surface area contributed by atoms with Crippen molar-refractivity contribution in [1.82, 2.24) is 0 Å². The van der Waals surface area contributed by atoms with E-state index in [1.54, 1.807) is 19.2 Å². The lowest BCUT2D eigenvalue weighted by Gasteiger charge is -2.05. The fourth-order valence-corrected chi connectivity index (χ4v) is 1.54. The first-order valence-electron chi connectivity index (χ1n) is 5.30. The summed E-state index contributed by atoms with van der Waals surface area (Å²) in [7, 11) is 1.60. The van der Waals surface area contributed by atoms with Gasteiger partial charge >= 0.3 is 0 Å². The third-order valence-electron chi connectivity index (χ3n) is 2.36. The largest absolute Gasteiger partial charge is 0.456 e. The lowest BCUT2D eigenvalue weighted by Crippen LogP contribution is -2.09. The molecule has 0 saturated carbocycles. The van der Waals surface area contributed by atoms with Crippen LogP contribution in [0.25, 0.3) is 0 Å². The summed E-state index contributed by atoms with van der Waals surface area (Å²) in [4.78, 5) is 11.8. The van der Waals surface area contributed by atoms with Crippen LogP contribution in [0.2, 0.25) is 0 Å². The zero-order chi connectivity index (χ0) is 11.3. The average molecular weight is 210 g/mol. The Kier molecular flexibility index (Phi) is 4.56. The number of carbonyl (C=O) groups is 1. The Bertz CT molecular complexity index is 314. The Morgan fingerprint density at radius 1 is 1.53 bits per heavy atom. The molecule has 84 valence electrons. The Morgan fingerprint density at radius 3 is 2.87 bits per heavy atom. The molecule has 3 heteroatoms. The van der Waals surface area contributed by atoms with Crippen LogP contribution in [0, 0.1) is 5.92 Å². The van der Waals surface area contributed by atoms with Crippen LogP contribution in [-0.4, -0.2) is 12.9 Å². The lowest BCUT2D eigenvalue weighted by atomic mass is 9.99. The van der Waals surface area contributed by atoms with Crippen LogP contribution < -0.4 is 0 Å². The first kappa shape index (κ1) is 12.0. The number of carbonyl (C=O) groups excluding carboxylic acids is 1. The van der Waals surface area contributed by atoms with Crippen LogP contribution in [-0.2, 0) is 11.3 Å². The topological polar surface area (TPSA) is 39.4 Å². The second-order valence-corrected chi connectivity index (χ2v) is 3.75. The number of Topliss-reactive ketones (excluding diaryl/α,β-unsaturated/α-hetero) is 1. The number of rotatable bonds is 6. The number of ketones is 1. The highest BCUT2D eigenvalue weighted by molar-refractivity contribution is 5.95. The van der Waals surface area contributed by atoms with Crippen LogP contribution >= 0.6 is 0 Å². The molecule has 0 amide bonds. The van der Waals surface area contributed by atoms with Gasteiger partial charge in [-0.3, -0.25) is 4.79 Å². The van der Waals surface area contributed by atoms with Crippen molar-refractivity contribution in [3.05, 3.63) is 23.7 Å². The molecule has 3 nitrogen and oxygen atoms in total. The van der Waals surface area contributed by atoms with Crippen molar-refractivity contribution >= 4 is 5.78 Å². The minimum atomic E-state index is 0.0385. The van der Waals surface area contributed by atoms with Crippen LogP contribution in [0.1, 0.15) is 43.0 Å². The first-order chi connectivity index (χ1) is 7.19. The van der Waals surface area contributed by atoms with Crippen molar-refractivity contribution in [3.63, 3.8) is 0 Å². The quantitative estimate of drug-likeness (QED) is 0.677. The third-order valence-corrected chi connectivity index (χ3v) is 2.36. The molecule has 0 spiro atoms. The zero-order valence-corrected chi connectivity index (χ0v) is 9.58. The van der Waals surface area contributed by atoms with Gasteiger partial charge in [-0.05, 0) is 18.6 Å². The minimum absolute atomic E-state index is 0.0385. The molecule has 15 heavy (non-hydrogen) atoms. The summed E-state index contributed by atoms with van der Waals surface area (Å²) in [6.07, 6.45) is 1.91. The van der Waals surface area contributed by atoms with Crippen LogP contribution in [0.3, 0.4) is 0 Å². The molecule has 0 aliphatic rings. The van der Waals surface area contributed by atoms with Gasteiger partial charge in [0.05, 0.1) is 0 Å². The monoisotopic (exact) mass is 210 g/mol.